The zero-order valence-corrected chi connectivity index (χ0v) is 13.3. The van der Waals surface area contributed by atoms with Crippen LogP contribution < -0.4 is 5.32 Å². The minimum Gasteiger partial charge on any atom is -0.389 e. The van der Waals surface area contributed by atoms with Crippen LogP contribution in [0.25, 0.3) is 0 Å². The van der Waals surface area contributed by atoms with Gasteiger partial charge in [-0.15, -0.1) is 0 Å². The largest absolute Gasteiger partial charge is 0.389 e. The highest BCUT2D eigenvalue weighted by molar-refractivity contribution is 5.18. The van der Waals surface area contributed by atoms with Crippen molar-refractivity contribution in [1.82, 2.24) is 5.32 Å². The molecule has 0 bridgehead atoms. The van der Waals surface area contributed by atoms with E-state index in [2.05, 4.69) is 36.5 Å². The second-order valence-corrected chi connectivity index (χ2v) is 5.23. The molecule has 0 heterocycles. The summed E-state index contributed by atoms with van der Waals surface area (Å²) in [5, 5.41) is 13.0. The van der Waals surface area contributed by atoms with Crippen LogP contribution in [0.1, 0.15) is 31.7 Å². The Balaban J connectivity index is 2.00. The molecule has 0 aliphatic heterocycles. The monoisotopic (exact) mass is 295 g/mol. The van der Waals surface area contributed by atoms with Crippen molar-refractivity contribution >= 4 is 0 Å². The average molecular weight is 295 g/mol. The lowest BCUT2D eigenvalue weighted by Gasteiger charge is -2.15. The topological polar surface area (TPSA) is 50.7 Å². The van der Waals surface area contributed by atoms with Crippen molar-refractivity contribution in [3.63, 3.8) is 0 Å². The average Bonchev–Trinajstić information content (AvgIpc) is 2.52. The van der Waals surface area contributed by atoms with Crippen LogP contribution in [-0.2, 0) is 9.47 Å². The van der Waals surface area contributed by atoms with Gasteiger partial charge in [-0.2, -0.15) is 0 Å². The molecule has 0 aliphatic rings. The van der Waals surface area contributed by atoms with E-state index in [0.717, 1.165) is 13.0 Å². The molecule has 0 radical (unpaired) electrons. The Labute approximate surface area is 128 Å². The molecule has 120 valence electrons. The zero-order chi connectivity index (χ0) is 15.3. The molecule has 2 N–H and O–H groups in total. The van der Waals surface area contributed by atoms with Gasteiger partial charge in [-0.3, -0.25) is 0 Å². The second-order valence-electron chi connectivity index (χ2n) is 5.23. The smallest absolute Gasteiger partial charge is 0.0897 e. The molecule has 2 atom stereocenters. The summed E-state index contributed by atoms with van der Waals surface area (Å²) >= 11 is 0. The molecular weight excluding hydrogens is 266 g/mol. The van der Waals surface area contributed by atoms with Crippen LogP contribution in [0.15, 0.2) is 30.3 Å². The van der Waals surface area contributed by atoms with E-state index in [1.54, 1.807) is 0 Å². The molecule has 0 fully saturated rings. The van der Waals surface area contributed by atoms with Crippen LogP contribution >= 0.6 is 0 Å². The molecule has 4 heteroatoms. The van der Waals surface area contributed by atoms with Crippen LogP contribution in [0.3, 0.4) is 0 Å². The number of hydrogen-bond donors (Lipinski definition) is 2. The molecule has 0 saturated heterocycles. The van der Waals surface area contributed by atoms with Crippen molar-refractivity contribution in [2.24, 2.45) is 0 Å². The SMILES string of the molecule is CCOCCOCC(O)CNCCC(C)c1ccccc1. The minimum atomic E-state index is -0.460. The van der Waals surface area contributed by atoms with E-state index in [1.807, 2.05) is 13.0 Å². The first-order chi connectivity index (χ1) is 10.2. The van der Waals surface area contributed by atoms with Gasteiger partial charge in [-0.1, -0.05) is 37.3 Å². The van der Waals surface area contributed by atoms with Crippen LogP contribution in [-0.4, -0.2) is 50.7 Å². The Morgan fingerprint density at radius 1 is 1.14 bits per heavy atom. The van der Waals surface area contributed by atoms with Gasteiger partial charge in [-0.05, 0) is 31.4 Å². The van der Waals surface area contributed by atoms with Crippen molar-refractivity contribution in [2.75, 3.05) is 39.5 Å². The van der Waals surface area contributed by atoms with Gasteiger partial charge < -0.3 is 19.9 Å². The molecule has 0 aromatic heterocycles. The first-order valence-electron chi connectivity index (χ1n) is 7.83. The number of rotatable bonds is 12. The van der Waals surface area contributed by atoms with E-state index in [1.165, 1.54) is 5.56 Å². The summed E-state index contributed by atoms with van der Waals surface area (Å²) in [6.45, 7) is 7.82. The van der Waals surface area contributed by atoms with Crippen LogP contribution in [0, 0.1) is 0 Å². The van der Waals surface area contributed by atoms with Crippen molar-refractivity contribution in [1.29, 1.82) is 0 Å². The lowest BCUT2D eigenvalue weighted by Crippen LogP contribution is -2.31. The fourth-order valence-electron chi connectivity index (χ4n) is 2.08. The summed E-state index contributed by atoms with van der Waals surface area (Å²) in [6.07, 6.45) is 0.598. The predicted octanol–water partition coefficient (Wildman–Crippen LogP) is 2.18. The Morgan fingerprint density at radius 2 is 1.86 bits per heavy atom. The van der Waals surface area contributed by atoms with Crippen molar-refractivity contribution in [2.45, 2.75) is 32.3 Å². The zero-order valence-electron chi connectivity index (χ0n) is 13.3. The third-order valence-electron chi connectivity index (χ3n) is 3.39. The summed E-state index contributed by atoms with van der Waals surface area (Å²) in [7, 11) is 0. The van der Waals surface area contributed by atoms with Crippen LogP contribution in [0.2, 0.25) is 0 Å². The molecule has 0 aliphatic carbocycles. The molecule has 21 heavy (non-hydrogen) atoms. The van der Waals surface area contributed by atoms with E-state index in [4.69, 9.17) is 9.47 Å². The molecular formula is C17H29NO3. The van der Waals surface area contributed by atoms with Gasteiger partial charge in [0.1, 0.15) is 0 Å². The number of aliphatic hydroxyl groups is 1. The highest BCUT2D eigenvalue weighted by atomic mass is 16.5. The summed E-state index contributed by atoms with van der Waals surface area (Å²) in [5.74, 6) is 0.526. The number of ether oxygens (including phenoxy) is 2. The first-order valence-corrected chi connectivity index (χ1v) is 7.83. The maximum atomic E-state index is 9.76. The summed E-state index contributed by atoms with van der Waals surface area (Å²) in [5.41, 5.74) is 1.36. The molecule has 0 saturated carbocycles. The number of aliphatic hydroxyl groups excluding tert-OH is 1. The quantitative estimate of drug-likeness (QED) is 0.580. The van der Waals surface area contributed by atoms with Crippen LogP contribution in [0.5, 0.6) is 0 Å². The third kappa shape index (κ3) is 8.83. The minimum absolute atomic E-state index is 0.355. The molecule has 0 spiro atoms. The van der Waals surface area contributed by atoms with Crippen molar-refractivity contribution in [3.8, 4) is 0 Å². The predicted molar refractivity (Wildman–Crippen MR) is 85.7 cm³/mol. The summed E-state index contributed by atoms with van der Waals surface area (Å²) < 4.78 is 10.5. The van der Waals surface area contributed by atoms with Gasteiger partial charge in [0.25, 0.3) is 0 Å². The van der Waals surface area contributed by atoms with Gasteiger partial charge in [0, 0.05) is 13.2 Å². The fraction of sp³-hybridized carbons (Fsp3) is 0.647. The fourth-order valence-corrected chi connectivity index (χ4v) is 2.08. The molecule has 0 amide bonds. The molecule has 1 rings (SSSR count). The van der Waals surface area contributed by atoms with Gasteiger partial charge >= 0.3 is 0 Å². The van der Waals surface area contributed by atoms with E-state index in [0.29, 0.717) is 38.9 Å². The Morgan fingerprint density at radius 3 is 2.57 bits per heavy atom. The molecule has 1 aromatic carbocycles. The maximum absolute atomic E-state index is 9.76. The van der Waals surface area contributed by atoms with E-state index in [-0.39, 0.29) is 0 Å². The summed E-state index contributed by atoms with van der Waals surface area (Å²) in [4.78, 5) is 0. The number of nitrogens with one attached hydrogen (secondary N) is 1. The first kappa shape index (κ1) is 18.1. The van der Waals surface area contributed by atoms with E-state index in [9.17, 15) is 5.11 Å². The summed E-state index contributed by atoms with van der Waals surface area (Å²) in [6, 6.07) is 10.5. The van der Waals surface area contributed by atoms with E-state index >= 15 is 0 Å². The lowest BCUT2D eigenvalue weighted by molar-refractivity contribution is 0.00653. The number of benzene rings is 1. The van der Waals surface area contributed by atoms with Gasteiger partial charge in [0.15, 0.2) is 0 Å². The van der Waals surface area contributed by atoms with Crippen LogP contribution in [0.4, 0.5) is 0 Å². The number of hydrogen-bond acceptors (Lipinski definition) is 4. The van der Waals surface area contributed by atoms with Crippen molar-refractivity contribution in [3.05, 3.63) is 35.9 Å². The highest BCUT2D eigenvalue weighted by Gasteiger charge is 2.06. The van der Waals surface area contributed by atoms with Gasteiger partial charge in [0.2, 0.25) is 0 Å². The van der Waals surface area contributed by atoms with E-state index < -0.39 is 6.10 Å². The standard InChI is InChI=1S/C17H29NO3/c1-3-20-11-12-21-14-17(19)13-18-10-9-15(2)16-7-5-4-6-8-16/h4-8,15,17-19H,3,9-14H2,1-2H3. The molecule has 1 aromatic rings. The maximum Gasteiger partial charge on any atom is 0.0897 e. The van der Waals surface area contributed by atoms with Gasteiger partial charge in [-0.25, -0.2) is 0 Å². The lowest BCUT2D eigenvalue weighted by atomic mass is 9.98. The molecule has 2 unspecified atom stereocenters. The Bertz CT molecular complexity index is 345. The Hall–Kier alpha value is -0.940. The third-order valence-corrected chi connectivity index (χ3v) is 3.39. The molecule has 4 nitrogen and oxygen atoms in total. The van der Waals surface area contributed by atoms with Gasteiger partial charge in [0.05, 0.1) is 25.9 Å². The highest BCUT2D eigenvalue weighted by Crippen LogP contribution is 2.17. The normalized spacial score (nSPS) is 14.0. The Kier molecular flexibility index (Phi) is 10.1. The second kappa shape index (κ2) is 11.7. The van der Waals surface area contributed by atoms with Crippen molar-refractivity contribution < 1.29 is 14.6 Å².